The maximum absolute atomic E-state index is 6.09. The van der Waals surface area contributed by atoms with E-state index in [2.05, 4.69) is 4.98 Å². The first-order chi connectivity index (χ1) is 7.61. The Bertz CT molecular complexity index is 499. The quantitative estimate of drug-likeness (QED) is 0.845. The van der Waals surface area contributed by atoms with Gasteiger partial charge in [0.25, 0.3) is 0 Å². The second-order valence-corrected chi connectivity index (χ2v) is 5.24. The fourth-order valence-electron chi connectivity index (χ4n) is 1.35. The van der Waals surface area contributed by atoms with Gasteiger partial charge in [-0.1, -0.05) is 40.9 Å². The van der Waals surface area contributed by atoms with Gasteiger partial charge in [0.05, 0.1) is 16.1 Å². The van der Waals surface area contributed by atoms with E-state index in [-0.39, 0.29) is 11.2 Å². The monoisotopic (exact) mass is 292 g/mol. The van der Waals surface area contributed by atoms with E-state index in [1.165, 1.54) is 6.20 Å². The Morgan fingerprint density at radius 1 is 1.31 bits per heavy atom. The Morgan fingerprint density at radius 3 is 2.69 bits per heavy atom. The van der Waals surface area contributed by atoms with Crippen LogP contribution in [0.1, 0.15) is 16.5 Å². The van der Waals surface area contributed by atoms with Crippen LogP contribution < -0.4 is 5.73 Å². The van der Waals surface area contributed by atoms with Crippen LogP contribution in [-0.2, 0) is 0 Å². The van der Waals surface area contributed by atoms with Crippen LogP contribution >= 0.6 is 46.1 Å². The fraction of sp³-hybridized carbons (Fsp3) is 0.100. The lowest BCUT2D eigenvalue weighted by molar-refractivity contribution is 0.890. The lowest BCUT2D eigenvalue weighted by Gasteiger charge is -2.14. The Kier molecular flexibility index (Phi) is 3.72. The highest BCUT2D eigenvalue weighted by Gasteiger charge is 2.19. The summed E-state index contributed by atoms with van der Waals surface area (Å²) >= 11 is 19.5. The minimum absolute atomic E-state index is 0.216. The molecule has 1 atom stereocenters. The number of nitrogens with zero attached hydrogens (tertiary/aromatic N) is 1. The van der Waals surface area contributed by atoms with Gasteiger partial charge in [0, 0.05) is 16.6 Å². The van der Waals surface area contributed by atoms with E-state index < -0.39 is 0 Å². The van der Waals surface area contributed by atoms with Crippen molar-refractivity contribution >= 4 is 46.1 Å². The summed E-state index contributed by atoms with van der Waals surface area (Å²) < 4.78 is 0. The zero-order chi connectivity index (χ0) is 11.7. The van der Waals surface area contributed by atoms with Gasteiger partial charge in [0.15, 0.2) is 0 Å². The summed E-state index contributed by atoms with van der Waals surface area (Å²) in [6.45, 7) is 0. The molecule has 0 amide bonds. The molecule has 2 N–H and O–H groups in total. The molecule has 2 aromatic heterocycles. The summed E-state index contributed by atoms with van der Waals surface area (Å²) in [5, 5.41) is 2.90. The first kappa shape index (κ1) is 12.1. The van der Waals surface area contributed by atoms with Crippen molar-refractivity contribution in [3.8, 4) is 0 Å². The Labute approximate surface area is 112 Å². The molecular formula is C10H7Cl3N2S. The highest BCUT2D eigenvalue weighted by molar-refractivity contribution is 7.10. The van der Waals surface area contributed by atoms with Crippen molar-refractivity contribution in [1.29, 1.82) is 0 Å². The van der Waals surface area contributed by atoms with Crippen LogP contribution in [0.25, 0.3) is 0 Å². The average Bonchev–Trinajstić information content (AvgIpc) is 2.77. The average molecular weight is 294 g/mol. The van der Waals surface area contributed by atoms with Crippen LogP contribution in [0.3, 0.4) is 0 Å². The first-order valence-electron chi connectivity index (χ1n) is 4.39. The number of hydrogen-bond acceptors (Lipinski definition) is 3. The van der Waals surface area contributed by atoms with Crippen molar-refractivity contribution in [2.45, 2.75) is 6.04 Å². The molecule has 0 saturated heterocycles. The molecule has 6 heteroatoms. The molecule has 0 radical (unpaired) electrons. The molecule has 84 valence electrons. The second-order valence-electron chi connectivity index (χ2n) is 3.12. The minimum atomic E-state index is -0.375. The van der Waals surface area contributed by atoms with Gasteiger partial charge in [-0.2, -0.15) is 0 Å². The number of hydrogen-bond donors (Lipinski definition) is 1. The minimum Gasteiger partial charge on any atom is -0.320 e. The molecule has 0 spiro atoms. The second kappa shape index (κ2) is 4.90. The molecule has 2 aromatic rings. The summed E-state index contributed by atoms with van der Waals surface area (Å²) in [4.78, 5) is 4.83. The van der Waals surface area contributed by atoms with Crippen LogP contribution in [0.4, 0.5) is 0 Å². The zero-order valence-corrected chi connectivity index (χ0v) is 11.0. The van der Waals surface area contributed by atoms with E-state index in [1.807, 2.05) is 17.5 Å². The number of thiophene rings is 1. The smallest absolute Gasteiger partial charge is 0.148 e. The molecule has 0 aliphatic heterocycles. The highest BCUT2D eigenvalue weighted by atomic mass is 35.5. The predicted molar refractivity (Wildman–Crippen MR) is 69.6 cm³/mol. The summed E-state index contributed by atoms with van der Waals surface area (Å²) in [7, 11) is 0. The van der Waals surface area contributed by atoms with Crippen LogP contribution in [0.5, 0.6) is 0 Å². The van der Waals surface area contributed by atoms with Crippen molar-refractivity contribution in [1.82, 2.24) is 4.98 Å². The number of rotatable bonds is 2. The van der Waals surface area contributed by atoms with Crippen molar-refractivity contribution in [3.05, 3.63) is 49.3 Å². The van der Waals surface area contributed by atoms with Crippen LogP contribution in [0, 0.1) is 0 Å². The van der Waals surface area contributed by atoms with Gasteiger partial charge in [0.2, 0.25) is 0 Å². The van der Waals surface area contributed by atoms with Gasteiger partial charge in [-0.25, -0.2) is 4.98 Å². The molecule has 2 rings (SSSR count). The summed E-state index contributed by atoms with van der Waals surface area (Å²) in [5.74, 6) is 0. The molecule has 2 nitrogen and oxygen atoms in total. The molecule has 0 fully saturated rings. The third-order valence-corrected chi connectivity index (χ3v) is 4.15. The van der Waals surface area contributed by atoms with E-state index >= 15 is 0 Å². The highest BCUT2D eigenvalue weighted by Crippen LogP contribution is 2.36. The number of aromatic nitrogens is 1. The molecule has 0 unspecified atom stereocenters. The van der Waals surface area contributed by atoms with Gasteiger partial charge < -0.3 is 5.73 Å². The topological polar surface area (TPSA) is 38.9 Å². The first-order valence-corrected chi connectivity index (χ1v) is 6.41. The Hall–Kier alpha value is -0.320. The maximum atomic E-state index is 6.09. The Morgan fingerprint density at radius 2 is 2.06 bits per heavy atom. The fourth-order valence-corrected chi connectivity index (χ4v) is 2.81. The molecule has 0 aromatic carbocycles. The number of pyridine rings is 1. The van der Waals surface area contributed by atoms with E-state index in [0.29, 0.717) is 15.6 Å². The molecule has 0 bridgehead atoms. The third-order valence-electron chi connectivity index (χ3n) is 2.13. The molecule has 0 aliphatic carbocycles. The van der Waals surface area contributed by atoms with Crippen molar-refractivity contribution in [2.24, 2.45) is 5.73 Å². The van der Waals surface area contributed by atoms with Crippen molar-refractivity contribution < 1.29 is 0 Å². The molecular weight excluding hydrogens is 287 g/mol. The van der Waals surface area contributed by atoms with Gasteiger partial charge in [-0.3, -0.25) is 0 Å². The van der Waals surface area contributed by atoms with E-state index in [1.54, 1.807) is 11.3 Å². The van der Waals surface area contributed by atoms with E-state index in [4.69, 9.17) is 40.5 Å². The van der Waals surface area contributed by atoms with Gasteiger partial charge >= 0.3 is 0 Å². The molecule has 0 aliphatic rings. The largest absolute Gasteiger partial charge is 0.320 e. The van der Waals surface area contributed by atoms with Gasteiger partial charge in [0.1, 0.15) is 5.15 Å². The Balaban J connectivity index is 2.52. The molecule has 2 heterocycles. The van der Waals surface area contributed by atoms with Crippen LogP contribution in [-0.4, -0.2) is 4.98 Å². The van der Waals surface area contributed by atoms with Crippen molar-refractivity contribution in [2.75, 3.05) is 0 Å². The predicted octanol–water partition coefficient (Wildman–Crippen LogP) is 4.15. The number of halogens is 3. The number of nitrogens with two attached hydrogens (primary N) is 1. The van der Waals surface area contributed by atoms with Crippen LogP contribution in [0.2, 0.25) is 15.2 Å². The van der Waals surface area contributed by atoms with Crippen molar-refractivity contribution in [3.63, 3.8) is 0 Å². The zero-order valence-electron chi connectivity index (χ0n) is 7.95. The van der Waals surface area contributed by atoms with Gasteiger partial charge in [-0.15, -0.1) is 11.3 Å². The third kappa shape index (κ3) is 2.19. The lowest BCUT2D eigenvalue weighted by Crippen LogP contribution is -2.12. The standard InChI is InChI=1S/C10H7Cl3N2S/c11-5-4-15-10(13)8(12)7(5)9(14)6-2-1-3-16-6/h1-4,9H,14H2/t9-/m0/s1. The maximum Gasteiger partial charge on any atom is 0.148 e. The normalized spacial score (nSPS) is 12.8. The summed E-state index contributed by atoms with van der Waals surface area (Å²) in [6, 6.07) is 3.47. The van der Waals surface area contributed by atoms with E-state index in [0.717, 1.165) is 4.88 Å². The SMILES string of the molecule is N[C@@H](c1cccs1)c1c(Cl)cnc(Cl)c1Cl. The van der Waals surface area contributed by atoms with E-state index in [9.17, 15) is 0 Å². The summed E-state index contributed by atoms with van der Waals surface area (Å²) in [5.41, 5.74) is 6.70. The summed E-state index contributed by atoms with van der Waals surface area (Å²) in [6.07, 6.45) is 1.46. The van der Waals surface area contributed by atoms with Crippen LogP contribution in [0.15, 0.2) is 23.7 Å². The molecule has 16 heavy (non-hydrogen) atoms. The van der Waals surface area contributed by atoms with Gasteiger partial charge in [-0.05, 0) is 11.4 Å². The molecule has 0 saturated carbocycles. The lowest BCUT2D eigenvalue weighted by atomic mass is 10.1.